The van der Waals surface area contributed by atoms with E-state index in [1.807, 2.05) is 0 Å². The Morgan fingerprint density at radius 2 is 1.50 bits per heavy atom. The number of rotatable bonds is 1. The first-order chi connectivity index (χ1) is 3.33. The molecule has 0 fully saturated rings. The predicted octanol–water partition coefficient (Wildman–Crippen LogP) is -8.85. The largest absolute Gasteiger partial charge is 1.00 e. The molecule has 48 valence electrons. The van der Waals surface area contributed by atoms with Gasteiger partial charge in [-0.2, -0.15) is 9.59 Å². The zero-order valence-electron chi connectivity index (χ0n) is 6.62. The van der Waals surface area contributed by atoms with Gasteiger partial charge in [0.1, 0.15) is 0 Å². The minimum Gasteiger partial charge on any atom is -0.662 e. The van der Waals surface area contributed by atoms with E-state index in [0.29, 0.717) is 0 Å². The third-order valence-corrected chi connectivity index (χ3v) is 0.0393. The molecule has 2 N–H and O–H groups in total. The Bertz CT molecular complexity index is 73.0. The van der Waals surface area contributed by atoms with Crippen LogP contribution in [0.5, 0.6) is 0 Å². The topological polar surface area (TPSA) is 115 Å². The summed E-state index contributed by atoms with van der Waals surface area (Å²) in [7, 11) is 0. The summed E-state index contributed by atoms with van der Waals surface area (Å²) < 4.78 is 0. The molecule has 0 atom stereocenters. The number of hydrogen-bond acceptors (Lipinski definition) is 5. The molecule has 6 nitrogen and oxygen atoms in total. The molecule has 0 unspecified atom stereocenters. The first-order valence-electron chi connectivity index (χ1n) is 1.05. The van der Waals surface area contributed by atoms with Crippen LogP contribution in [0.25, 0.3) is 0 Å². The number of carbonyl (C=O) groups is 1. The maximum atomic E-state index is 8.64. The van der Waals surface area contributed by atoms with Crippen molar-refractivity contribution in [2.45, 2.75) is 0 Å². The van der Waals surface area contributed by atoms with Crippen LogP contribution in [0, 0.1) is 0 Å². The molecule has 0 aromatic carbocycles. The Labute approximate surface area is 102 Å². The van der Waals surface area contributed by atoms with Crippen molar-refractivity contribution in [2.75, 3.05) is 0 Å². The van der Waals surface area contributed by atoms with Gasteiger partial charge in [-0.1, -0.05) is 0 Å². The summed E-state index contributed by atoms with van der Waals surface area (Å²) in [4.78, 5) is 27.5. The van der Waals surface area contributed by atoms with Crippen molar-refractivity contribution < 1.29 is 90.5 Å². The fourth-order valence-corrected chi connectivity index (χ4v) is 0. The van der Waals surface area contributed by atoms with E-state index in [1.165, 1.54) is 0 Å². The molecule has 0 aromatic heterocycles. The maximum absolute atomic E-state index is 8.64. The standard InChI is InChI=1S/CH2O3.CO2.2Na.H2O/c2-1-4-3;2-1-3;;;/h1,3H;;;;1H2/q;;2*+1;. The van der Waals surface area contributed by atoms with Crippen molar-refractivity contribution in [3.63, 3.8) is 0 Å². The van der Waals surface area contributed by atoms with Crippen LogP contribution in [-0.2, 0) is 19.3 Å². The van der Waals surface area contributed by atoms with Crippen LogP contribution in [0.15, 0.2) is 0 Å². The molecule has 0 aromatic rings. The quantitative estimate of drug-likeness (QED) is 0.168. The summed E-state index contributed by atoms with van der Waals surface area (Å²) in [6.07, 6.45) is 0.250. The average Bonchev–Trinajstić information content (AvgIpc) is 1.69. The van der Waals surface area contributed by atoms with Crippen molar-refractivity contribution >= 4 is 12.6 Å². The molecule has 0 saturated carbocycles. The summed E-state index contributed by atoms with van der Waals surface area (Å²) in [6, 6.07) is 0. The van der Waals surface area contributed by atoms with Gasteiger partial charge in [0.25, 0.3) is 6.47 Å². The summed E-state index contributed by atoms with van der Waals surface area (Å²) in [5.74, 6) is 0. The molecule has 0 aliphatic carbocycles. The monoisotopic (exact) mass is 170 g/mol. The first-order valence-corrected chi connectivity index (χ1v) is 1.05. The molecule has 0 amide bonds. The second kappa shape index (κ2) is 52.9. The molecule has 8 heteroatoms. The third kappa shape index (κ3) is 169. The SMILES string of the molecule is O.O=C=O.O=CO[O-].[H+].[Na+].[Na+]. The molecule has 0 saturated heterocycles. The second-order valence-corrected chi connectivity index (χ2v) is 0.276. The fourth-order valence-electron chi connectivity index (χ4n) is 0. The van der Waals surface area contributed by atoms with E-state index in [9.17, 15) is 0 Å². The van der Waals surface area contributed by atoms with Gasteiger partial charge in [-0.05, 0) is 0 Å². The van der Waals surface area contributed by atoms with Crippen LogP contribution in [0.1, 0.15) is 1.43 Å². The van der Waals surface area contributed by atoms with Gasteiger partial charge in [0, 0.05) is 0 Å². The maximum Gasteiger partial charge on any atom is 1.00 e. The number of carbonyl (C=O) groups excluding carboxylic acids is 3. The van der Waals surface area contributed by atoms with Crippen molar-refractivity contribution in [3.8, 4) is 0 Å². The molecule has 0 aliphatic heterocycles. The van der Waals surface area contributed by atoms with Crippen molar-refractivity contribution in [2.24, 2.45) is 0 Å². The van der Waals surface area contributed by atoms with Gasteiger partial charge in [0.15, 0.2) is 0 Å². The van der Waals surface area contributed by atoms with Crippen LogP contribution < -0.4 is 64.4 Å². The second-order valence-electron chi connectivity index (χ2n) is 0.276. The Morgan fingerprint density at radius 3 is 1.50 bits per heavy atom. The molecule has 0 rings (SSSR count). The van der Waals surface area contributed by atoms with Gasteiger partial charge in [-0.25, -0.2) is 0 Å². The van der Waals surface area contributed by atoms with Gasteiger partial charge >= 0.3 is 66.7 Å². The van der Waals surface area contributed by atoms with Crippen molar-refractivity contribution in [3.05, 3.63) is 0 Å². The Morgan fingerprint density at radius 1 is 1.40 bits per heavy atom. The van der Waals surface area contributed by atoms with Crippen LogP contribution in [0.3, 0.4) is 0 Å². The van der Waals surface area contributed by atoms with E-state index in [1.54, 1.807) is 0 Å². The van der Waals surface area contributed by atoms with Gasteiger partial charge in [0.2, 0.25) is 0 Å². The minimum absolute atomic E-state index is 0. The van der Waals surface area contributed by atoms with Crippen LogP contribution in [-0.4, -0.2) is 18.1 Å². The molecule has 0 radical (unpaired) electrons. The van der Waals surface area contributed by atoms with Crippen molar-refractivity contribution in [1.82, 2.24) is 0 Å². The Balaban J connectivity index is -0.00000000848. The van der Waals surface area contributed by atoms with Gasteiger partial charge < -0.3 is 15.6 Å². The molecular formula is C2H4Na2O6+2. The molecule has 0 spiro atoms. The predicted molar refractivity (Wildman–Crippen MR) is 16.9 cm³/mol. The van der Waals surface area contributed by atoms with Crippen LogP contribution in [0.2, 0.25) is 0 Å². The molecule has 0 bridgehead atoms. The Hall–Kier alpha value is 0.770. The van der Waals surface area contributed by atoms with Gasteiger partial charge in [-0.15, -0.1) is 0 Å². The van der Waals surface area contributed by atoms with E-state index in [0.717, 1.165) is 0 Å². The van der Waals surface area contributed by atoms with E-state index >= 15 is 0 Å². The van der Waals surface area contributed by atoms with E-state index in [2.05, 4.69) is 4.89 Å². The van der Waals surface area contributed by atoms with Gasteiger partial charge in [-0.3, -0.25) is 4.79 Å². The molecule has 10 heavy (non-hydrogen) atoms. The molecular weight excluding hydrogens is 166 g/mol. The molecule has 0 aliphatic rings. The van der Waals surface area contributed by atoms with Gasteiger partial charge in [0.05, 0.1) is 0 Å². The summed E-state index contributed by atoms with van der Waals surface area (Å²) in [5, 5.41) is 8.43. The minimum atomic E-state index is -0.181. The molecule has 0 heterocycles. The zero-order valence-corrected chi connectivity index (χ0v) is 9.62. The third-order valence-electron chi connectivity index (χ3n) is 0.0393. The van der Waals surface area contributed by atoms with E-state index < -0.39 is 0 Å². The zero-order chi connectivity index (χ0) is 6.12. The van der Waals surface area contributed by atoms with Crippen molar-refractivity contribution in [1.29, 1.82) is 0 Å². The van der Waals surface area contributed by atoms with E-state index in [4.69, 9.17) is 19.6 Å². The smallest absolute Gasteiger partial charge is 0.662 e. The summed E-state index contributed by atoms with van der Waals surface area (Å²) >= 11 is 0. The summed E-state index contributed by atoms with van der Waals surface area (Å²) in [6.45, 7) is -0.181. The van der Waals surface area contributed by atoms with Crippen LogP contribution in [0.4, 0.5) is 0 Å². The van der Waals surface area contributed by atoms with Crippen LogP contribution >= 0.6 is 0 Å². The number of hydrogen-bond donors (Lipinski definition) is 0. The normalized spacial score (nSPS) is 2.90. The summed E-state index contributed by atoms with van der Waals surface area (Å²) in [5.41, 5.74) is 0. The Kier molecular flexibility index (Phi) is 163. The average molecular weight is 170 g/mol. The first kappa shape index (κ1) is 30.9. The van der Waals surface area contributed by atoms with E-state index in [-0.39, 0.29) is 78.6 Å². The fraction of sp³-hybridized carbons (Fsp3) is 0.